The Labute approximate surface area is 113 Å². The normalized spacial score (nSPS) is 10.4. The van der Waals surface area contributed by atoms with Gasteiger partial charge in [0.25, 0.3) is 0 Å². The van der Waals surface area contributed by atoms with E-state index in [0.29, 0.717) is 24.7 Å². The number of rotatable bonds is 9. The summed E-state index contributed by atoms with van der Waals surface area (Å²) in [6.45, 7) is 4.31. The van der Waals surface area contributed by atoms with Gasteiger partial charge in [0.2, 0.25) is 0 Å². The van der Waals surface area contributed by atoms with E-state index < -0.39 is 5.97 Å². The standard InChI is InChI=1S/C13H21N3O3/c1-2-3-6-19-7-4-5-15-12-11(14)8-10(9-16-12)13(17)18/h8-9H,2-7,14H2,1H3,(H,15,16)(H,17,18). The SMILES string of the molecule is CCCCOCCCNc1ncc(C(=O)O)cc1N. The molecule has 1 rings (SSSR count). The number of nitrogens with one attached hydrogen (secondary N) is 1. The molecular weight excluding hydrogens is 246 g/mol. The van der Waals surface area contributed by atoms with Crippen LogP contribution in [-0.2, 0) is 4.74 Å². The highest BCUT2D eigenvalue weighted by molar-refractivity contribution is 5.89. The fourth-order valence-electron chi connectivity index (χ4n) is 1.48. The van der Waals surface area contributed by atoms with Gasteiger partial charge in [-0.05, 0) is 18.9 Å². The number of hydrogen-bond acceptors (Lipinski definition) is 5. The largest absolute Gasteiger partial charge is 0.478 e. The van der Waals surface area contributed by atoms with Crippen LogP contribution in [-0.4, -0.2) is 35.8 Å². The van der Waals surface area contributed by atoms with Gasteiger partial charge in [-0.15, -0.1) is 0 Å². The van der Waals surface area contributed by atoms with Crippen LogP contribution in [0.3, 0.4) is 0 Å². The van der Waals surface area contributed by atoms with Crippen molar-refractivity contribution >= 4 is 17.5 Å². The highest BCUT2D eigenvalue weighted by Crippen LogP contribution is 2.16. The molecule has 106 valence electrons. The van der Waals surface area contributed by atoms with Crippen LogP contribution >= 0.6 is 0 Å². The zero-order valence-electron chi connectivity index (χ0n) is 11.2. The second-order valence-corrected chi connectivity index (χ2v) is 4.21. The molecule has 1 aromatic rings. The molecule has 0 radical (unpaired) electrons. The Balaban J connectivity index is 2.28. The first kappa shape index (κ1) is 15.2. The first-order valence-electron chi connectivity index (χ1n) is 6.45. The third-order valence-corrected chi connectivity index (χ3v) is 2.56. The minimum absolute atomic E-state index is 0.0888. The minimum atomic E-state index is -1.03. The number of carboxylic acid groups (broad SMARTS) is 1. The van der Waals surface area contributed by atoms with Gasteiger partial charge in [0, 0.05) is 26.0 Å². The number of ether oxygens (including phenoxy) is 1. The maximum atomic E-state index is 10.7. The van der Waals surface area contributed by atoms with Crippen LogP contribution in [0.2, 0.25) is 0 Å². The average molecular weight is 267 g/mol. The number of carboxylic acids is 1. The van der Waals surface area contributed by atoms with Crippen molar-refractivity contribution < 1.29 is 14.6 Å². The van der Waals surface area contributed by atoms with Gasteiger partial charge in [-0.3, -0.25) is 0 Å². The summed E-state index contributed by atoms with van der Waals surface area (Å²) in [5.74, 6) is -0.520. The second kappa shape index (κ2) is 8.31. The van der Waals surface area contributed by atoms with E-state index >= 15 is 0 Å². The molecule has 0 aliphatic rings. The molecule has 6 nitrogen and oxygen atoms in total. The number of nitrogen functional groups attached to an aromatic ring is 1. The molecule has 0 aliphatic heterocycles. The molecule has 0 unspecified atom stereocenters. The number of nitrogens with two attached hydrogens (primary N) is 1. The molecule has 0 saturated carbocycles. The summed E-state index contributed by atoms with van der Waals surface area (Å²) in [6.07, 6.45) is 4.36. The third-order valence-electron chi connectivity index (χ3n) is 2.56. The smallest absolute Gasteiger partial charge is 0.337 e. The lowest BCUT2D eigenvalue weighted by Gasteiger charge is -2.09. The van der Waals surface area contributed by atoms with Gasteiger partial charge in [-0.25, -0.2) is 9.78 Å². The van der Waals surface area contributed by atoms with Crippen molar-refractivity contribution in [3.63, 3.8) is 0 Å². The topological polar surface area (TPSA) is 97.5 Å². The number of pyridine rings is 1. The van der Waals surface area contributed by atoms with E-state index in [9.17, 15) is 4.79 Å². The van der Waals surface area contributed by atoms with Crippen LogP contribution in [0.4, 0.5) is 11.5 Å². The molecular formula is C13H21N3O3. The monoisotopic (exact) mass is 267 g/mol. The van der Waals surface area contributed by atoms with Crippen molar-refractivity contribution in [3.8, 4) is 0 Å². The van der Waals surface area contributed by atoms with Gasteiger partial charge in [0.1, 0.15) is 5.82 Å². The summed E-state index contributed by atoms with van der Waals surface area (Å²) in [6, 6.07) is 1.40. The van der Waals surface area contributed by atoms with Crippen molar-refractivity contribution in [3.05, 3.63) is 17.8 Å². The summed E-state index contributed by atoms with van der Waals surface area (Å²) in [7, 11) is 0. The Morgan fingerprint density at radius 2 is 2.21 bits per heavy atom. The van der Waals surface area contributed by atoms with Gasteiger partial charge in [0.15, 0.2) is 0 Å². The molecule has 4 N–H and O–H groups in total. The fraction of sp³-hybridized carbons (Fsp3) is 0.538. The van der Waals surface area contributed by atoms with E-state index in [2.05, 4.69) is 17.2 Å². The Hall–Kier alpha value is -1.82. The first-order valence-corrected chi connectivity index (χ1v) is 6.45. The zero-order chi connectivity index (χ0) is 14.1. The van der Waals surface area contributed by atoms with Gasteiger partial charge < -0.3 is 20.9 Å². The number of nitrogens with zero attached hydrogens (tertiary/aromatic N) is 1. The van der Waals surface area contributed by atoms with E-state index in [1.54, 1.807) is 0 Å². The molecule has 0 bridgehead atoms. The average Bonchev–Trinajstić information content (AvgIpc) is 2.39. The number of unbranched alkanes of at least 4 members (excludes halogenated alkanes) is 1. The lowest BCUT2D eigenvalue weighted by atomic mass is 10.2. The molecule has 0 spiro atoms. The predicted octanol–water partition coefficient (Wildman–Crippen LogP) is 1.98. The Kier molecular flexibility index (Phi) is 6.67. The summed E-state index contributed by atoms with van der Waals surface area (Å²) in [5.41, 5.74) is 6.15. The zero-order valence-corrected chi connectivity index (χ0v) is 11.2. The van der Waals surface area contributed by atoms with Crippen LogP contribution in [0.25, 0.3) is 0 Å². The highest BCUT2D eigenvalue weighted by Gasteiger charge is 2.07. The maximum Gasteiger partial charge on any atom is 0.337 e. The molecule has 1 heterocycles. The summed E-state index contributed by atoms with van der Waals surface area (Å²) < 4.78 is 5.42. The molecule has 0 aliphatic carbocycles. The summed E-state index contributed by atoms with van der Waals surface area (Å²) in [4.78, 5) is 14.7. The summed E-state index contributed by atoms with van der Waals surface area (Å²) >= 11 is 0. The first-order chi connectivity index (χ1) is 9.15. The van der Waals surface area contributed by atoms with Crippen molar-refractivity contribution in [1.29, 1.82) is 0 Å². The van der Waals surface area contributed by atoms with Gasteiger partial charge >= 0.3 is 5.97 Å². The van der Waals surface area contributed by atoms with Crippen molar-refractivity contribution in [2.45, 2.75) is 26.2 Å². The number of aromatic nitrogens is 1. The maximum absolute atomic E-state index is 10.7. The van der Waals surface area contributed by atoms with Crippen LogP contribution < -0.4 is 11.1 Å². The molecule has 1 aromatic heterocycles. The van der Waals surface area contributed by atoms with Gasteiger partial charge in [-0.2, -0.15) is 0 Å². The summed E-state index contributed by atoms with van der Waals surface area (Å²) in [5, 5.41) is 11.8. The van der Waals surface area contributed by atoms with Crippen LogP contribution in [0.15, 0.2) is 12.3 Å². The van der Waals surface area contributed by atoms with Gasteiger partial charge in [-0.1, -0.05) is 13.3 Å². The third kappa shape index (κ3) is 5.56. The molecule has 0 fully saturated rings. The Morgan fingerprint density at radius 1 is 1.47 bits per heavy atom. The van der Waals surface area contributed by atoms with Gasteiger partial charge in [0.05, 0.1) is 11.3 Å². The molecule has 6 heteroatoms. The van der Waals surface area contributed by atoms with Crippen LogP contribution in [0, 0.1) is 0 Å². The minimum Gasteiger partial charge on any atom is -0.478 e. The Morgan fingerprint density at radius 3 is 2.84 bits per heavy atom. The van der Waals surface area contributed by atoms with Crippen LogP contribution in [0.5, 0.6) is 0 Å². The number of anilines is 2. The fourth-order valence-corrected chi connectivity index (χ4v) is 1.48. The molecule has 0 amide bonds. The highest BCUT2D eigenvalue weighted by atomic mass is 16.5. The van der Waals surface area contributed by atoms with E-state index in [0.717, 1.165) is 25.9 Å². The lowest BCUT2D eigenvalue weighted by molar-refractivity contribution is 0.0696. The van der Waals surface area contributed by atoms with E-state index in [-0.39, 0.29) is 5.56 Å². The molecule has 0 saturated heterocycles. The lowest BCUT2D eigenvalue weighted by Crippen LogP contribution is -2.10. The van der Waals surface area contributed by atoms with Crippen molar-refractivity contribution in [2.24, 2.45) is 0 Å². The predicted molar refractivity (Wildman–Crippen MR) is 74.4 cm³/mol. The van der Waals surface area contributed by atoms with E-state index in [1.165, 1.54) is 12.3 Å². The van der Waals surface area contributed by atoms with E-state index in [1.807, 2.05) is 0 Å². The quantitative estimate of drug-likeness (QED) is 0.592. The van der Waals surface area contributed by atoms with Crippen molar-refractivity contribution in [1.82, 2.24) is 4.98 Å². The van der Waals surface area contributed by atoms with Crippen LogP contribution in [0.1, 0.15) is 36.5 Å². The number of aromatic carboxylic acids is 1. The second-order valence-electron chi connectivity index (χ2n) is 4.21. The van der Waals surface area contributed by atoms with E-state index in [4.69, 9.17) is 15.6 Å². The molecule has 0 aromatic carbocycles. The number of carbonyl (C=O) groups is 1. The molecule has 0 atom stereocenters. The van der Waals surface area contributed by atoms with Crippen molar-refractivity contribution in [2.75, 3.05) is 30.8 Å². The Bertz CT molecular complexity index is 410. The molecule has 19 heavy (non-hydrogen) atoms. The number of hydrogen-bond donors (Lipinski definition) is 3.